The number of hydrogen-bond donors (Lipinski definition) is 2. The Morgan fingerprint density at radius 2 is 1.87 bits per heavy atom. The van der Waals surface area contributed by atoms with Gasteiger partial charge in [0.15, 0.2) is 5.78 Å². The number of amides is 2. The zero-order valence-electron chi connectivity index (χ0n) is 17.1. The van der Waals surface area contributed by atoms with Crippen molar-refractivity contribution in [2.24, 2.45) is 11.7 Å². The van der Waals surface area contributed by atoms with Gasteiger partial charge in [-0.2, -0.15) is 0 Å². The van der Waals surface area contributed by atoms with Gasteiger partial charge in [0.2, 0.25) is 0 Å². The maximum atomic E-state index is 12.3. The number of ketones is 1. The first-order valence-electron chi connectivity index (χ1n) is 10.1. The molecule has 31 heavy (non-hydrogen) atoms. The lowest BCUT2D eigenvalue weighted by atomic mass is 9.93. The van der Waals surface area contributed by atoms with Gasteiger partial charge in [-0.1, -0.05) is 0 Å². The molecule has 0 aromatic carbocycles. The molecule has 4 rings (SSSR count). The van der Waals surface area contributed by atoms with Crippen LogP contribution in [0.5, 0.6) is 0 Å². The summed E-state index contributed by atoms with van der Waals surface area (Å²) < 4.78 is 0.892. The van der Waals surface area contributed by atoms with Crippen molar-refractivity contribution >= 4 is 56.3 Å². The largest absolute Gasteiger partial charge is 0.365 e. The molecule has 0 saturated carbocycles. The smallest absolute Gasteiger partial charge is 0.261 e. The molecular weight excluding hydrogens is 434 g/mol. The Hall–Kier alpha value is -2.85. The predicted octanol–water partition coefficient (Wildman–Crippen LogP) is 3.09. The number of nitrogens with zero attached hydrogens (tertiary/aromatic N) is 3. The number of piperidine rings is 1. The van der Waals surface area contributed by atoms with Crippen molar-refractivity contribution in [2.75, 3.05) is 24.5 Å². The number of primary amides is 1. The Labute approximate surface area is 187 Å². The van der Waals surface area contributed by atoms with Gasteiger partial charge in [-0.25, -0.2) is 9.97 Å². The molecule has 2 amide bonds. The number of nitrogens with one attached hydrogen (secondary N) is 1. The second kappa shape index (κ2) is 9.11. The summed E-state index contributed by atoms with van der Waals surface area (Å²) in [6.45, 7) is 3.84. The SMILES string of the molecule is CC(=O)c1ccc(C(=O)NCCC2CCN(c3ncnc4cc(C(N)=O)sc34)CC2)s1. The standard InChI is InChI=1S/C21H23N5O3S2/c1-12(27)15-2-3-16(30-15)21(29)23-7-4-13-5-8-26(9-6-13)20-18-14(24-11-25-20)10-17(31-18)19(22)28/h2-3,10-11,13H,4-9H2,1H3,(H2,22,28)(H,23,29). The Morgan fingerprint density at radius 3 is 2.55 bits per heavy atom. The molecule has 0 bridgehead atoms. The van der Waals surface area contributed by atoms with Gasteiger partial charge in [-0.3, -0.25) is 14.4 Å². The minimum Gasteiger partial charge on any atom is -0.365 e. The van der Waals surface area contributed by atoms with Gasteiger partial charge in [0.1, 0.15) is 12.1 Å². The molecule has 3 aromatic heterocycles. The molecule has 0 radical (unpaired) electrons. The van der Waals surface area contributed by atoms with Crippen LogP contribution in [0.1, 0.15) is 55.2 Å². The van der Waals surface area contributed by atoms with Crippen LogP contribution >= 0.6 is 22.7 Å². The molecule has 3 aromatic rings. The first-order chi connectivity index (χ1) is 14.9. The number of hydrogen-bond acceptors (Lipinski definition) is 8. The van der Waals surface area contributed by atoms with E-state index in [-0.39, 0.29) is 11.7 Å². The number of Topliss-reactive ketones (excluding diaryl/α,β-unsaturated/α-hetero) is 1. The summed E-state index contributed by atoms with van der Waals surface area (Å²) in [5.41, 5.74) is 6.15. The molecular formula is C21H23N5O3S2. The normalized spacial score (nSPS) is 14.7. The molecule has 1 fully saturated rings. The number of carbonyl (C=O) groups is 3. The number of fused-ring (bicyclic) bond motifs is 1. The van der Waals surface area contributed by atoms with E-state index >= 15 is 0 Å². The van der Waals surface area contributed by atoms with E-state index in [4.69, 9.17) is 5.73 Å². The van der Waals surface area contributed by atoms with Gasteiger partial charge in [0.05, 0.1) is 24.8 Å². The van der Waals surface area contributed by atoms with Gasteiger partial charge >= 0.3 is 0 Å². The molecule has 1 saturated heterocycles. The van der Waals surface area contributed by atoms with Crippen molar-refractivity contribution in [3.8, 4) is 0 Å². The van der Waals surface area contributed by atoms with E-state index in [2.05, 4.69) is 20.2 Å². The maximum Gasteiger partial charge on any atom is 0.261 e. The lowest BCUT2D eigenvalue weighted by molar-refractivity contribution is 0.0953. The van der Waals surface area contributed by atoms with E-state index in [0.717, 1.165) is 48.4 Å². The monoisotopic (exact) mass is 457 g/mol. The van der Waals surface area contributed by atoms with Crippen LogP contribution in [0, 0.1) is 5.92 Å². The summed E-state index contributed by atoms with van der Waals surface area (Å²) in [6.07, 6.45) is 4.44. The van der Waals surface area contributed by atoms with E-state index in [0.29, 0.717) is 27.1 Å². The number of anilines is 1. The molecule has 162 valence electrons. The molecule has 1 aliphatic rings. The van der Waals surface area contributed by atoms with Crippen molar-refractivity contribution in [3.63, 3.8) is 0 Å². The quantitative estimate of drug-likeness (QED) is 0.526. The second-order valence-corrected chi connectivity index (χ2v) is 9.72. The molecule has 4 heterocycles. The lowest BCUT2D eigenvalue weighted by Gasteiger charge is -2.33. The van der Waals surface area contributed by atoms with Crippen LogP contribution in [-0.2, 0) is 0 Å². The minimum atomic E-state index is -0.449. The van der Waals surface area contributed by atoms with Crippen LogP contribution in [0.2, 0.25) is 0 Å². The van der Waals surface area contributed by atoms with E-state index in [1.165, 1.54) is 35.9 Å². The molecule has 1 aliphatic heterocycles. The summed E-state index contributed by atoms with van der Waals surface area (Å²) in [5.74, 6) is 0.781. The summed E-state index contributed by atoms with van der Waals surface area (Å²) in [6, 6.07) is 5.11. The third-order valence-electron chi connectivity index (χ3n) is 5.46. The number of rotatable bonds is 7. The van der Waals surface area contributed by atoms with E-state index in [1.54, 1.807) is 18.2 Å². The zero-order chi connectivity index (χ0) is 22.0. The molecule has 0 aliphatic carbocycles. The highest BCUT2D eigenvalue weighted by Crippen LogP contribution is 2.33. The molecule has 0 atom stereocenters. The highest BCUT2D eigenvalue weighted by Gasteiger charge is 2.23. The van der Waals surface area contributed by atoms with Crippen LogP contribution < -0.4 is 16.0 Å². The van der Waals surface area contributed by atoms with Gasteiger partial charge in [-0.05, 0) is 50.3 Å². The summed E-state index contributed by atoms with van der Waals surface area (Å²) in [5, 5.41) is 2.96. The van der Waals surface area contributed by atoms with Crippen LogP contribution in [0.3, 0.4) is 0 Å². The highest BCUT2D eigenvalue weighted by atomic mass is 32.1. The minimum absolute atomic E-state index is 0.0230. The van der Waals surface area contributed by atoms with Crippen LogP contribution in [0.25, 0.3) is 10.2 Å². The van der Waals surface area contributed by atoms with Crippen LogP contribution in [0.4, 0.5) is 5.82 Å². The number of thiophene rings is 2. The van der Waals surface area contributed by atoms with Gasteiger partial charge in [0.25, 0.3) is 11.8 Å². The second-order valence-electron chi connectivity index (χ2n) is 7.58. The fourth-order valence-electron chi connectivity index (χ4n) is 3.75. The third kappa shape index (κ3) is 4.75. The average Bonchev–Trinajstić information content (AvgIpc) is 3.42. The Kier molecular flexibility index (Phi) is 6.28. The van der Waals surface area contributed by atoms with E-state index < -0.39 is 5.91 Å². The Bertz CT molecular complexity index is 1130. The first-order valence-corrected chi connectivity index (χ1v) is 11.7. The zero-order valence-corrected chi connectivity index (χ0v) is 18.7. The maximum absolute atomic E-state index is 12.3. The van der Waals surface area contributed by atoms with Crippen molar-refractivity contribution in [1.29, 1.82) is 0 Å². The van der Waals surface area contributed by atoms with Crippen LogP contribution in [-0.4, -0.2) is 47.2 Å². The summed E-state index contributed by atoms with van der Waals surface area (Å²) in [4.78, 5) is 47.7. The number of nitrogens with two attached hydrogens (primary N) is 1. The molecule has 10 heteroatoms. The number of carbonyl (C=O) groups excluding carboxylic acids is 3. The predicted molar refractivity (Wildman–Crippen MR) is 122 cm³/mol. The van der Waals surface area contributed by atoms with Crippen molar-refractivity contribution < 1.29 is 14.4 Å². The summed E-state index contributed by atoms with van der Waals surface area (Å²) >= 11 is 2.57. The van der Waals surface area contributed by atoms with Gasteiger partial charge in [-0.15, -0.1) is 22.7 Å². The van der Waals surface area contributed by atoms with Crippen molar-refractivity contribution in [2.45, 2.75) is 26.2 Å². The third-order valence-corrected chi connectivity index (χ3v) is 7.78. The average molecular weight is 458 g/mol. The lowest BCUT2D eigenvalue weighted by Crippen LogP contribution is -2.35. The molecule has 8 nitrogen and oxygen atoms in total. The van der Waals surface area contributed by atoms with Crippen molar-refractivity contribution in [3.05, 3.63) is 39.2 Å². The summed E-state index contributed by atoms with van der Waals surface area (Å²) in [7, 11) is 0. The van der Waals surface area contributed by atoms with Crippen molar-refractivity contribution in [1.82, 2.24) is 15.3 Å². The molecule has 3 N–H and O–H groups in total. The van der Waals surface area contributed by atoms with E-state index in [9.17, 15) is 14.4 Å². The highest BCUT2D eigenvalue weighted by molar-refractivity contribution is 7.21. The molecule has 0 unspecified atom stereocenters. The van der Waals surface area contributed by atoms with Gasteiger partial charge in [0, 0.05) is 19.6 Å². The fraction of sp³-hybridized carbons (Fsp3) is 0.381. The molecule has 0 spiro atoms. The fourth-order valence-corrected chi connectivity index (χ4v) is 5.55. The Morgan fingerprint density at radius 1 is 1.13 bits per heavy atom. The van der Waals surface area contributed by atoms with Crippen LogP contribution in [0.15, 0.2) is 24.5 Å². The Balaban J connectivity index is 1.29. The van der Waals surface area contributed by atoms with E-state index in [1.807, 2.05) is 0 Å². The first kappa shape index (κ1) is 21.4. The number of aromatic nitrogens is 2. The van der Waals surface area contributed by atoms with Gasteiger partial charge < -0.3 is 16.0 Å². The topological polar surface area (TPSA) is 118 Å².